The SMILES string of the molecule is CCOC(=N)c1ccc(OC/C=C/COc2ccc(C(=N)OCC)cc2)cc1. The van der Waals surface area contributed by atoms with Crippen LogP contribution in [0.3, 0.4) is 0 Å². The zero-order chi connectivity index (χ0) is 20.2. The first-order valence-electron chi connectivity index (χ1n) is 9.18. The molecule has 2 rings (SSSR count). The average molecular weight is 382 g/mol. The molecule has 148 valence electrons. The van der Waals surface area contributed by atoms with Crippen LogP contribution in [0.25, 0.3) is 0 Å². The molecule has 28 heavy (non-hydrogen) atoms. The molecule has 0 radical (unpaired) electrons. The smallest absolute Gasteiger partial charge is 0.213 e. The third kappa shape index (κ3) is 6.79. The van der Waals surface area contributed by atoms with E-state index in [0.29, 0.717) is 26.4 Å². The van der Waals surface area contributed by atoms with Crippen molar-refractivity contribution in [3.8, 4) is 11.5 Å². The topological polar surface area (TPSA) is 84.6 Å². The van der Waals surface area contributed by atoms with E-state index in [-0.39, 0.29) is 11.8 Å². The van der Waals surface area contributed by atoms with E-state index >= 15 is 0 Å². The second-order valence-electron chi connectivity index (χ2n) is 5.67. The van der Waals surface area contributed by atoms with Crippen LogP contribution in [0.1, 0.15) is 25.0 Å². The fraction of sp³-hybridized carbons (Fsp3) is 0.273. The van der Waals surface area contributed by atoms with Crippen LogP contribution in [0.2, 0.25) is 0 Å². The minimum absolute atomic E-state index is 0.161. The molecule has 0 amide bonds. The Morgan fingerprint density at radius 2 is 1.04 bits per heavy atom. The predicted molar refractivity (Wildman–Crippen MR) is 110 cm³/mol. The van der Waals surface area contributed by atoms with Gasteiger partial charge in [0.2, 0.25) is 11.8 Å². The first kappa shape index (κ1) is 21.0. The highest BCUT2D eigenvalue weighted by Gasteiger charge is 2.02. The lowest BCUT2D eigenvalue weighted by Crippen LogP contribution is -2.04. The van der Waals surface area contributed by atoms with E-state index in [1.165, 1.54) is 0 Å². The molecule has 0 heterocycles. The normalized spacial score (nSPS) is 10.5. The molecule has 0 atom stereocenters. The third-order valence-electron chi connectivity index (χ3n) is 3.67. The van der Waals surface area contributed by atoms with Crippen molar-refractivity contribution in [2.45, 2.75) is 13.8 Å². The summed E-state index contributed by atoms with van der Waals surface area (Å²) < 4.78 is 21.6. The first-order valence-corrected chi connectivity index (χ1v) is 9.18. The van der Waals surface area contributed by atoms with Gasteiger partial charge in [0.05, 0.1) is 13.2 Å². The Labute approximate surface area is 165 Å². The van der Waals surface area contributed by atoms with Gasteiger partial charge in [-0.25, -0.2) is 0 Å². The van der Waals surface area contributed by atoms with Crippen LogP contribution in [0.4, 0.5) is 0 Å². The van der Waals surface area contributed by atoms with E-state index in [9.17, 15) is 0 Å². The zero-order valence-corrected chi connectivity index (χ0v) is 16.2. The van der Waals surface area contributed by atoms with E-state index in [1.54, 1.807) is 24.3 Å². The highest BCUT2D eigenvalue weighted by atomic mass is 16.5. The van der Waals surface area contributed by atoms with Gasteiger partial charge in [-0.15, -0.1) is 0 Å². The lowest BCUT2D eigenvalue weighted by molar-refractivity contribution is 0.325. The lowest BCUT2D eigenvalue weighted by Gasteiger charge is -2.07. The second kappa shape index (κ2) is 11.4. The molecule has 6 heteroatoms. The van der Waals surface area contributed by atoms with E-state index in [1.807, 2.05) is 50.3 Å². The van der Waals surface area contributed by atoms with Crippen molar-refractivity contribution < 1.29 is 18.9 Å². The molecule has 0 saturated carbocycles. The Morgan fingerprint density at radius 3 is 1.36 bits per heavy atom. The summed E-state index contributed by atoms with van der Waals surface area (Å²) in [6, 6.07) is 14.5. The molecule has 0 aromatic heterocycles. The van der Waals surface area contributed by atoms with Gasteiger partial charge in [0.15, 0.2) is 0 Å². The molecular weight excluding hydrogens is 356 g/mol. The first-order chi connectivity index (χ1) is 13.6. The number of nitrogens with one attached hydrogen (secondary N) is 2. The summed E-state index contributed by atoms with van der Waals surface area (Å²) in [6.45, 7) is 5.51. The fourth-order valence-electron chi connectivity index (χ4n) is 2.29. The highest BCUT2D eigenvalue weighted by Crippen LogP contribution is 2.14. The molecule has 0 spiro atoms. The van der Waals surface area contributed by atoms with Gasteiger partial charge in [-0.1, -0.05) is 0 Å². The molecule has 6 nitrogen and oxygen atoms in total. The molecule has 0 bridgehead atoms. The molecule has 0 aliphatic carbocycles. The average Bonchev–Trinajstić information content (AvgIpc) is 2.72. The maximum atomic E-state index is 7.73. The van der Waals surface area contributed by atoms with Crippen LogP contribution in [0.15, 0.2) is 60.7 Å². The Bertz CT molecular complexity index is 716. The van der Waals surface area contributed by atoms with E-state index in [4.69, 9.17) is 29.8 Å². The number of hydrogen-bond acceptors (Lipinski definition) is 6. The molecule has 0 unspecified atom stereocenters. The molecule has 2 aromatic carbocycles. The summed E-state index contributed by atoms with van der Waals surface area (Å²) in [5, 5.41) is 15.5. The van der Waals surface area contributed by atoms with Crippen LogP contribution in [-0.4, -0.2) is 38.2 Å². The summed E-state index contributed by atoms with van der Waals surface area (Å²) in [5.41, 5.74) is 1.45. The monoisotopic (exact) mass is 382 g/mol. The van der Waals surface area contributed by atoms with Crippen molar-refractivity contribution in [2.75, 3.05) is 26.4 Å². The largest absolute Gasteiger partial charge is 0.490 e. The van der Waals surface area contributed by atoms with E-state index < -0.39 is 0 Å². The van der Waals surface area contributed by atoms with Gasteiger partial charge >= 0.3 is 0 Å². The summed E-state index contributed by atoms with van der Waals surface area (Å²) in [4.78, 5) is 0. The maximum Gasteiger partial charge on any atom is 0.213 e. The van der Waals surface area contributed by atoms with Gasteiger partial charge in [0, 0.05) is 11.1 Å². The summed E-state index contributed by atoms with van der Waals surface area (Å²) in [5.74, 6) is 1.78. The molecular formula is C22H26N2O4. The number of benzene rings is 2. The predicted octanol–water partition coefficient (Wildman–Crippen LogP) is 4.42. The van der Waals surface area contributed by atoms with Crippen molar-refractivity contribution in [1.29, 1.82) is 10.8 Å². The van der Waals surface area contributed by atoms with Crippen LogP contribution < -0.4 is 9.47 Å². The molecule has 2 N–H and O–H groups in total. The minimum atomic E-state index is 0.161. The van der Waals surface area contributed by atoms with Crippen molar-refractivity contribution in [1.82, 2.24) is 0 Å². The van der Waals surface area contributed by atoms with Crippen LogP contribution in [0.5, 0.6) is 11.5 Å². The van der Waals surface area contributed by atoms with Gasteiger partial charge in [-0.05, 0) is 74.5 Å². The van der Waals surface area contributed by atoms with Crippen molar-refractivity contribution in [3.05, 3.63) is 71.8 Å². The summed E-state index contributed by atoms with van der Waals surface area (Å²) in [7, 11) is 0. The van der Waals surface area contributed by atoms with Crippen LogP contribution in [0, 0.1) is 10.8 Å². The second-order valence-corrected chi connectivity index (χ2v) is 5.67. The van der Waals surface area contributed by atoms with E-state index in [0.717, 1.165) is 22.6 Å². The highest BCUT2D eigenvalue weighted by molar-refractivity contribution is 5.92. The molecule has 0 saturated heterocycles. The number of hydrogen-bond donors (Lipinski definition) is 2. The standard InChI is InChI=1S/C22H26N2O4/c1-3-25-21(23)17-7-11-19(12-8-17)27-15-5-6-16-28-20-13-9-18(10-14-20)22(24)26-4-2/h5-14,23-24H,3-4,15-16H2,1-2H3/b6-5+,23-21?,24-22?. The maximum absolute atomic E-state index is 7.73. The van der Waals surface area contributed by atoms with Gasteiger partial charge in [0.1, 0.15) is 24.7 Å². The number of rotatable bonds is 10. The minimum Gasteiger partial charge on any atom is -0.490 e. The molecule has 0 fully saturated rings. The lowest BCUT2D eigenvalue weighted by atomic mass is 10.2. The van der Waals surface area contributed by atoms with Gasteiger partial charge in [-0.3, -0.25) is 10.8 Å². The Hall–Kier alpha value is -3.28. The van der Waals surface area contributed by atoms with Gasteiger partial charge < -0.3 is 18.9 Å². The van der Waals surface area contributed by atoms with Gasteiger partial charge in [-0.2, -0.15) is 0 Å². The molecule has 0 aliphatic rings. The number of ether oxygens (including phenoxy) is 4. The van der Waals surface area contributed by atoms with Gasteiger partial charge in [0.25, 0.3) is 0 Å². The Morgan fingerprint density at radius 1 is 0.679 bits per heavy atom. The summed E-state index contributed by atoms with van der Waals surface area (Å²) in [6.07, 6.45) is 3.77. The van der Waals surface area contributed by atoms with E-state index in [2.05, 4.69) is 0 Å². The van der Waals surface area contributed by atoms with Crippen molar-refractivity contribution in [2.24, 2.45) is 0 Å². The van der Waals surface area contributed by atoms with Crippen LogP contribution in [-0.2, 0) is 9.47 Å². The Balaban J connectivity index is 1.70. The van der Waals surface area contributed by atoms with Crippen molar-refractivity contribution >= 4 is 11.8 Å². The quantitative estimate of drug-likeness (QED) is 0.362. The third-order valence-corrected chi connectivity index (χ3v) is 3.67. The summed E-state index contributed by atoms with van der Waals surface area (Å²) >= 11 is 0. The molecule has 2 aromatic rings. The van der Waals surface area contributed by atoms with Crippen LogP contribution >= 0.6 is 0 Å². The Kier molecular flexibility index (Phi) is 8.59. The van der Waals surface area contributed by atoms with Crippen molar-refractivity contribution in [3.63, 3.8) is 0 Å². The molecule has 0 aliphatic heterocycles. The fourth-order valence-corrected chi connectivity index (χ4v) is 2.29. The zero-order valence-electron chi connectivity index (χ0n) is 16.2.